The Morgan fingerprint density at radius 1 is 1.37 bits per heavy atom. The van der Waals surface area contributed by atoms with Gasteiger partial charge in [0.2, 0.25) is 10.0 Å². The molecule has 1 fully saturated rings. The molecule has 0 radical (unpaired) electrons. The van der Waals surface area contributed by atoms with Crippen molar-refractivity contribution in [3.8, 4) is 0 Å². The SMILES string of the molecule is CCCNC(C)c1cccc(S(=O)(=O)NC2CC2)c1. The highest BCUT2D eigenvalue weighted by Crippen LogP contribution is 2.23. The van der Waals surface area contributed by atoms with Crippen LogP contribution in [-0.4, -0.2) is 21.0 Å². The maximum Gasteiger partial charge on any atom is 0.240 e. The molecule has 5 heteroatoms. The average molecular weight is 282 g/mol. The summed E-state index contributed by atoms with van der Waals surface area (Å²) in [6.07, 6.45) is 2.96. The van der Waals surface area contributed by atoms with Crippen LogP contribution >= 0.6 is 0 Å². The smallest absolute Gasteiger partial charge is 0.240 e. The Balaban J connectivity index is 2.13. The number of nitrogens with one attached hydrogen (secondary N) is 2. The molecule has 1 saturated carbocycles. The summed E-state index contributed by atoms with van der Waals surface area (Å²) in [5.41, 5.74) is 1.01. The third-order valence-electron chi connectivity index (χ3n) is 3.27. The van der Waals surface area contributed by atoms with Crippen LogP contribution in [0.15, 0.2) is 29.2 Å². The molecular weight excluding hydrogens is 260 g/mol. The number of benzene rings is 1. The van der Waals surface area contributed by atoms with Crippen LogP contribution in [0.5, 0.6) is 0 Å². The van der Waals surface area contributed by atoms with Gasteiger partial charge in [-0.3, -0.25) is 0 Å². The summed E-state index contributed by atoms with van der Waals surface area (Å²) in [5, 5.41) is 3.37. The molecule has 106 valence electrons. The summed E-state index contributed by atoms with van der Waals surface area (Å²) < 4.78 is 27.0. The van der Waals surface area contributed by atoms with Crippen molar-refractivity contribution >= 4 is 10.0 Å². The van der Waals surface area contributed by atoms with Gasteiger partial charge in [0.1, 0.15) is 0 Å². The van der Waals surface area contributed by atoms with Gasteiger partial charge in [-0.05, 0) is 50.4 Å². The molecular formula is C14H22N2O2S. The van der Waals surface area contributed by atoms with E-state index in [2.05, 4.69) is 23.9 Å². The standard InChI is InChI=1S/C14H22N2O2S/c1-3-9-15-11(2)12-5-4-6-14(10-12)19(17,18)16-13-7-8-13/h4-6,10-11,13,15-16H,3,7-9H2,1-2H3. The Labute approximate surface area is 115 Å². The minimum atomic E-state index is -3.35. The van der Waals surface area contributed by atoms with E-state index in [0.717, 1.165) is 31.4 Å². The van der Waals surface area contributed by atoms with Gasteiger partial charge in [0.25, 0.3) is 0 Å². The van der Waals surface area contributed by atoms with Gasteiger partial charge in [0.05, 0.1) is 4.90 Å². The Morgan fingerprint density at radius 3 is 2.74 bits per heavy atom. The Kier molecular flexibility index (Phi) is 4.60. The summed E-state index contributed by atoms with van der Waals surface area (Å²) in [4.78, 5) is 0.363. The van der Waals surface area contributed by atoms with E-state index in [-0.39, 0.29) is 12.1 Å². The van der Waals surface area contributed by atoms with Crippen molar-refractivity contribution in [2.75, 3.05) is 6.54 Å². The molecule has 0 saturated heterocycles. The van der Waals surface area contributed by atoms with E-state index >= 15 is 0 Å². The molecule has 1 aromatic rings. The summed E-state index contributed by atoms with van der Waals surface area (Å²) >= 11 is 0. The van der Waals surface area contributed by atoms with Crippen molar-refractivity contribution in [3.63, 3.8) is 0 Å². The molecule has 1 unspecified atom stereocenters. The molecule has 0 aromatic heterocycles. The Bertz CT molecular complexity index is 524. The lowest BCUT2D eigenvalue weighted by atomic mass is 10.1. The van der Waals surface area contributed by atoms with Gasteiger partial charge in [-0.2, -0.15) is 0 Å². The van der Waals surface area contributed by atoms with Crippen LogP contribution in [0.25, 0.3) is 0 Å². The third kappa shape index (κ3) is 4.03. The topological polar surface area (TPSA) is 58.2 Å². The largest absolute Gasteiger partial charge is 0.310 e. The summed E-state index contributed by atoms with van der Waals surface area (Å²) in [5.74, 6) is 0. The molecule has 1 atom stereocenters. The monoisotopic (exact) mass is 282 g/mol. The number of hydrogen-bond donors (Lipinski definition) is 2. The second-order valence-corrected chi connectivity index (χ2v) is 6.86. The number of rotatable bonds is 7. The Morgan fingerprint density at radius 2 is 2.11 bits per heavy atom. The second kappa shape index (κ2) is 6.03. The zero-order chi connectivity index (χ0) is 13.9. The van der Waals surface area contributed by atoms with E-state index in [0.29, 0.717) is 4.90 Å². The van der Waals surface area contributed by atoms with Crippen molar-refractivity contribution in [1.82, 2.24) is 10.0 Å². The first-order valence-electron chi connectivity index (χ1n) is 6.88. The fourth-order valence-corrected chi connectivity index (χ4v) is 3.28. The fraction of sp³-hybridized carbons (Fsp3) is 0.571. The third-order valence-corrected chi connectivity index (χ3v) is 4.79. The molecule has 4 nitrogen and oxygen atoms in total. The van der Waals surface area contributed by atoms with Gasteiger partial charge in [0, 0.05) is 12.1 Å². The highest BCUT2D eigenvalue weighted by atomic mass is 32.2. The average Bonchev–Trinajstić information content (AvgIpc) is 3.19. The van der Waals surface area contributed by atoms with E-state index < -0.39 is 10.0 Å². The Hall–Kier alpha value is -0.910. The highest BCUT2D eigenvalue weighted by Gasteiger charge is 2.28. The van der Waals surface area contributed by atoms with E-state index in [1.54, 1.807) is 18.2 Å². The summed E-state index contributed by atoms with van der Waals surface area (Å²) in [6.45, 7) is 5.09. The number of hydrogen-bond acceptors (Lipinski definition) is 3. The minimum Gasteiger partial charge on any atom is -0.310 e. The predicted molar refractivity (Wildman–Crippen MR) is 76.5 cm³/mol. The lowest BCUT2D eigenvalue weighted by molar-refractivity contribution is 0.567. The molecule has 2 rings (SSSR count). The van der Waals surface area contributed by atoms with Gasteiger partial charge in [-0.15, -0.1) is 0 Å². The zero-order valence-electron chi connectivity index (χ0n) is 11.5. The van der Waals surface area contributed by atoms with Crippen LogP contribution < -0.4 is 10.0 Å². The quantitative estimate of drug-likeness (QED) is 0.806. The molecule has 0 aliphatic heterocycles. The molecule has 0 heterocycles. The van der Waals surface area contributed by atoms with Crippen molar-refractivity contribution in [3.05, 3.63) is 29.8 Å². The van der Waals surface area contributed by atoms with Gasteiger partial charge < -0.3 is 5.32 Å². The molecule has 19 heavy (non-hydrogen) atoms. The maximum absolute atomic E-state index is 12.1. The molecule has 1 aliphatic carbocycles. The van der Waals surface area contributed by atoms with Crippen molar-refractivity contribution < 1.29 is 8.42 Å². The number of sulfonamides is 1. The van der Waals surface area contributed by atoms with E-state index in [1.807, 2.05) is 6.07 Å². The first-order chi connectivity index (χ1) is 9.03. The summed E-state index contributed by atoms with van der Waals surface area (Å²) in [6, 6.07) is 7.49. The highest BCUT2D eigenvalue weighted by molar-refractivity contribution is 7.89. The van der Waals surface area contributed by atoms with Crippen molar-refractivity contribution in [2.45, 2.75) is 50.1 Å². The van der Waals surface area contributed by atoms with Crippen LogP contribution in [0, 0.1) is 0 Å². The van der Waals surface area contributed by atoms with Crippen molar-refractivity contribution in [2.24, 2.45) is 0 Å². The van der Waals surface area contributed by atoms with Crippen LogP contribution in [0.2, 0.25) is 0 Å². The first-order valence-corrected chi connectivity index (χ1v) is 8.37. The molecule has 1 aromatic carbocycles. The van der Waals surface area contributed by atoms with E-state index in [4.69, 9.17) is 0 Å². The molecule has 2 N–H and O–H groups in total. The summed E-state index contributed by atoms with van der Waals surface area (Å²) in [7, 11) is -3.35. The second-order valence-electron chi connectivity index (χ2n) is 5.14. The molecule has 0 amide bonds. The van der Waals surface area contributed by atoms with Gasteiger partial charge in [-0.1, -0.05) is 19.1 Å². The van der Waals surface area contributed by atoms with Crippen LogP contribution in [0.4, 0.5) is 0 Å². The van der Waals surface area contributed by atoms with Crippen LogP contribution in [0.1, 0.15) is 44.7 Å². The van der Waals surface area contributed by atoms with Crippen molar-refractivity contribution in [1.29, 1.82) is 0 Å². The maximum atomic E-state index is 12.1. The molecule has 0 spiro atoms. The minimum absolute atomic E-state index is 0.143. The van der Waals surface area contributed by atoms with Gasteiger partial charge in [-0.25, -0.2) is 13.1 Å². The molecule has 1 aliphatic rings. The van der Waals surface area contributed by atoms with E-state index in [9.17, 15) is 8.42 Å². The lowest BCUT2D eigenvalue weighted by Crippen LogP contribution is -2.26. The predicted octanol–water partition coefficient (Wildman–Crippen LogP) is 2.19. The van der Waals surface area contributed by atoms with Crippen LogP contribution in [-0.2, 0) is 10.0 Å². The van der Waals surface area contributed by atoms with E-state index in [1.165, 1.54) is 0 Å². The fourth-order valence-electron chi connectivity index (χ4n) is 1.92. The van der Waals surface area contributed by atoms with Gasteiger partial charge >= 0.3 is 0 Å². The van der Waals surface area contributed by atoms with Crippen LogP contribution in [0.3, 0.4) is 0 Å². The lowest BCUT2D eigenvalue weighted by Gasteiger charge is -2.15. The first kappa shape index (κ1) is 14.5. The normalized spacial score (nSPS) is 17.4. The van der Waals surface area contributed by atoms with Gasteiger partial charge in [0.15, 0.2) is 0 Å². The zero-order valence-corrected chi connectivity index (χ0v) is 12.3. The molecule has 0 bridgehead atoms.